The molecule has 3 aliphatic heterocycles. The van der Waals surface area contributed by atoms with Crippen molar-refractivity contribution in [2.45, 2.75) is 30.7 Å². The van der Waals surface area contributed by atoms with Gasteiger partial charge in [-0.05, 0) is 13.0 Å². The minimum atomic E-state index is -0.555. The molecule has 3 saturated heterocycles. The van der Waals surface area contributed by atoms with Crippen molar-refractivity contribution in [2.75, 3.05) is 41.2 Å². The number of methoxy groups -OCH3 is 1. The molecule has 0 amide bonds. The second kappa shape index (κ2) is 10.2. The Labute approximate surface area is 136 Å². The van der Waals surface area contributed by atoms with E-state index in [1.165, 1.54) is 0 Å². The van der Waals surface area contributed by atoms with Crippen LogP contribution in [0.1, 0.15) is 19.3 Å². The number of aliphatic hydroxyl groups is 2. The van der Waals surface area contributed by atoms with Crippen molar-refractivity contribution < 1.29 is 50.9 Å². The van der Waals surface area contributed by atoms with Gasteiger partial charge in [0.25, 0.3) is 0 Å². The van der Waals surface area contributed by atoms with Crippen molar-refractivity contribution in [2.24, 2.45) is 0 Å². The number of ether oxygens (including phenoxy) is 4. The van der Waals surface area contributed by atoms with E-state index in [1.54, 1.807) is 7.11 Å². The second-order valence-electron chi connectivity index (χ2n) is 4.00. The molecule has 2 N–H and O–H groups in total. The summed E-state index contributed by atoms with van der Waals surface area (Å²) in [5, 5.41) is 14.0. The van der Waals surface area contributed by atoms with E-state index in [1.807, 2.05) is 0 Å². The first-order valence-electron chi connectivity index (χ1n) is 6.05. The monoisotopic (exact) mass is 326 g/mol. The van der Waals surface area contributed by atoms with Gasteiger partial charge in [0.05, 0.1) is 6.61 Å². The fraction of sp³-hybridized carbons (Fsp3) is 0.846. The number of hydrogen-bond donors (Lipinski definition) is 2. The van der Waals surface area contributed by atoms with Gasteiger partial charge in [-0.2, -0.15) is 6.10 Å². The normalized spacial score (nSPS) is 34.0. The molecule has 0 aliphatic carbocycles. The molecule has 0 radical (unpaired) electrons. The SMILES string of the molecule is CO.CO.COC1(C2([C-]3CCO3)CCO2)CCO1.[CH3-].[Ti+2]. The van der Waals surface area contributed by atoms with Crippen molar-refractivity contribution in [1.82, 2.24) is 0 Å². The summed E-state index contributed by atoms with van der Waals surface area (Å²) in [6.45, 7) is 2.34. The molecule has 7 heteroatoms. The first-order valence-corrected chi connectivity index (χ1v) is 6.05. The zero-order valence-electron chi connectivity index (χ0n) is 12.8. The Morgan fingerprint density at radius 3 is 1.60 bits per heavy atom. The predicted octanol–water partition coefficient (Wildman–Crippen LogP) is 0.526. The van der Waals surface area contributed by atoms with Gasteiger partial charge in [0.2, 0.25) is 0 Å². The van der Waals surface area contributed by atoms with Gasteiger partial charge in [-0.15, -0.1) is 6.42 Å². The van der Waals surface area contributed by atoms with Crippen LogP contribution in [-0.2, 0) is 40.7 Å². The van der Waals surface area contributed by atoms with E-state index in [0.29, 0.717) is 0 Å². The molecule has 3 fully saturated rings. The summed E-state index contributed by atoms with van der Waals surface area (Å²) in [6.07, 6.45) is 3.85. The second-order valence-corrected chi connectivity index (χ2v) is 4.00. The maximum atomic E-state index is 7.00. The Kier molecular flexibility index (Phi) is 11.7. The van der Waals surface area contributed by atoms with E-state index >= 15 is 0 Å². The molecule has 0 aromatic carbocycles. The molecule has 2 atom stereocenters. The van der Waals surface area contributed by atoms with Crippen molar-refractivity contribution >= 4 is 0 Å². The van der Waals surface area contributed by atoms with Crippen LogP contribution in [-0.4, -0.2) is 62.8 Å². The van der Waals surface area contributed by atoms with Gasteiger partial charge in [0.15, 0.2) is 5.79 Å². The summed E-state index contributed by atoms with van der Waals surface area (Å²) in [4.78, 5) is 0. The molecule has 3 heterocycles. The van der Waals surface area contributed by atoms with Crippen LogP contribution in [0.4, 0.5) is 0 Å². The molecule has 3 rings (SSSR count). The third-order valence-electron chi connectivity index (χ3n) is 3.57. The third-order valence-corrected chi connectivity index (χ3v) is 3.57. The number of hydrogen-bond acceptors (Lipinski definition) is 6. The first kappa shape index (κ1) is 22.8. The van der Waals surface area contributed by atoms with E-state index in [-0.39, 0.29) is 29.1 Å². The maximum Gasteiger partial charge on any atom is 2.00 e. The molecule has 0 saturated carbocycles. The van der Waals surface area contributed by atoms with Gasteiger partial charge in [-0.25, -0.2) is 0 Å². The summed E-state index contributed by atoms with van der Waals surface area (Å²) < 4.78 is 22.2. The minimum Gasteiger partial charge on any atom is -0.548 e. The van der Waals surface area contributed by atoms with Gasteiger partial charge < -0.3 is 36.6 Å². The average Bonchev–Trinajstić information content (AvgIpc) is 2.27. The van der Waals surface area contributed by atoms with Gasteiger partial charge in [0, 0.05) is 40.0 Å². The van der Waals surface area contributed by atoms with Gasteiger partial charge >= 0.3 is 21.7 Å². The molecular weight excluding hydrogens is 300 g/mol. The first-order chi connectivity index (χ1) is 8.83. The minimum absolute atomic E-state index is 0. The molecule has 2 unspecified atom stereocenters. The Hall–Kier alpha value is 0.474. The molecule has 6 nitrogen and oxygen atoms in total. The quantitative estimate of drug-likeness (QED) is 0.582. The van der Waals surface area contributed by atoms with Crippen LogP contribution in [0.15, 0.2) is 0 Å². The van der Waals surface area contributed by atoms with E-state index in [2.05, 4.69) is 0 Å². The van der Waals surface area contributed by atoms with Crippen LogP contribution in [0.3, 0.4) is 0 Å². The number of rotatable bonds is 3. The van der Waals surface area contributed by atoms with Crippen molar-refractivity contribution in [3.63, 3.8) is 0 Å². The fourth-order valence-electron chi connectivity index (χ4n) is 2.49. The van der Waals surface area contributed by atoms with Crippen LogP contribution >= 0.6 is 0 Å². The fourth-order valence-corrected chi connectivity index (χ4v) is 2.49. The smallest absolute Gasteiger partial charge is 0.548 e. The van der Waals surface area contributed by atoms with Gasteiger partial charge in [-0.3, -0.25) is 0 Å². The van der Waals surface area contributed by atoms with Crippen molar-refractivity contribution in [1.29, 1.82) is 0 Å². The van der Waals surface area contributed by atoms with Crippen LogP contribution in [0.25, 0.3) is 0 Å². The van der Waals surface area contributed by atoms with Gasteiger partial charge in [0.1, 0.15) is 0 Å². The average molecular weight is 326 g/mol. The topological polar surface area (TPSA) is 77.4 Å². The van der Waals surface area contributed by atoms with Crippen molar-refractivity contribution in [3.05, 3.63) is 13.5 Å². The maximum absolute atomic E-state index is 7.00. The van der Waals surface area contributed by atoms with E-state index < -0.39 is 11.4 Å². The zero-order chi connectivity index (χ0) is 13.6. The number of aliphatic hydroxyl groups excluding tert-OH is 2. The van der Waals surface area contributed by atoms with Crippen LogP contribution in [0.5, 0.6) is 0 Å². The summed E-state index contributed by atoms with van der Waals surface area (Å²) >= 11 is 0. The molecule has 0 aromatic heterocycles. The Morgan fingerprint density at radius 2 is 1.45 bits per heavy atom. The summed E-state index contributed by atoms with van der Waals surface area (Å²) in [5.41, 5.74) is -0.391. The molecule has 0 aromatic rings. The van der Waals surface area contributed by atoms with Crippen LogP contribution in [0, 0.1) is 13.5 Å². The molecule has 0 spiro atoms. The summed E-state index contributed by atoms with van der Waals surface area (Å²) in [5.74, 6) is -0.555. The zero-order valence-corrected chi connectivity index (χ0v) is 14.3. The molecule has 3 aliphatic rings. The molecule has 20 heavy (non-hydrogen) atoms. The van der Waals surface area contributed by atoms with Gasteiger partial charge in [-0.1, -0.05) is 0 Å². The van der Waals surface area contributed by atoms with E-state index in [0.717, 1.165) is 59.4 Å². The summed E-state index contributed by atoms with van der Waals surface area (Å²) in [6, 6.07) is 0. The van der Waals surface area contributed by atoms with E-state index in [9.17, 15) is 0 Å². The van der Waals surface area contributed by atoms with Crippen molar-refractivity contribution in [3.8, 4) is 0 Å². The Balaban J connectivity index is 0. The Bertz CT molecular complexity index is 234. The molecular formula is C13H26O6Ti. The molecule has 0 bridgehead atoms. The molecule has 118 valence electrons. The summed E-state index contributed by atoms with van der Waals surface area (Å²) in [7, 11) is 3.68. The van der Waals surface area contributed by atoms with Crippen LogP contribution < -0.4 is 0 Å². The van der Waals surface area contributed by atoms with E-state index in [4.69, 9.17) is 29.2 Å². The standard InChI is InChI=1S/C10H15O4.2CH4O.CH3.Ti/c1-11-10(4-7-14-10)9(3-6-13-9)8-2-5-12-8;2*1-2;;/h2-7H2,1H3;2*2H,1H3;1H3;/q-1;;;-1;+2. The Morgan fingerprint density at radius 1 is 1.00 bits per heavy atom. The van der Waals surface area contributed by atoms with Crippen LogP contribution in [0.2, 0.25) is 0 Å². The third kappa shape index (κ3) is 3.44. The predicted molar refractivity (Wildman–Crippen MR) is 70.1 cm³/mol. The largest absolute Gasteiger partial charge is 2.00 e.